The highest BCUT2D eigenvalue weighted by Gasteiger charge is 2.12. The predicted octanol–water partition coefficient (Wildman–Crippen LogP) is 1.86. The number of carbonyl (C=O) groups is 1. The number of hydrogen-bond donors (Lipinski definition) is 1. The summed E-state index contributed by atoms with van der Waals surface area (Å²) in [5.41, 5.74) is 6.39. The van der Waals surface area contributed by atoms with Gasteiger partial charge in [0.05, 0.1) is 12.5 Å². The van der Waals surface area contributed by atoms with Crippen molar-refractivity contribution in [2.45, 2.75) is 18.9 Å². The first-order chi connectivity index (χ1) is 7.13. The standard InChI is InChI=1S/C11H13BrN2O/c1-2-3-10(13)11(15)6-9-5-4-8(12)7-14-9/h2,4-5,7,10H,1,3,6,13H2. The molecule has 0 aliphatic rings. The zero-order valence-corrected chi connectivity index (χ0v) is 9.90. The second kappa shape index (κ2) is 5.78. The van der Waals surface area contributed by atoms with Gasteiger partial charge in [0.25, 0.3) is 0 Å². The molecule has 0 saturated heterocycles. The summed E-state index contributed by atoms with van der Waals surface area (Å²) in [6, 6.07) is 3.20. The number of hydrogen-bond acceptors (Lipinski definition) is 3. The van der Waals surface area contributed by atoms with Gasteiger partial charge < -0.3 is 5.73 Å². The summed E-state index contributed by atoms with van der Waals surface area (Å²) < 4.78 is 0.897. The Balaban J connectivity index is 2.58. The number of nitrogens with two attached hydrogens (primary N) is 1. The summed E-state index contributed by atoms with van der Waals surface area (Å²) in [5.74, 6) is -0.00952. The fraction of sp³-hybridized carbons (Fsp3) is 0.273. The molecular weight excluding hydrogens is 256 g/mol. The Morgan fingerprint density at radius 3 is 2.93 bits per heavy atom. The topological polar surface area (TPSA) is 56.0 Å². The van der Waals surface area contributed by atoms with Crippen molar-refractivity contribution in [1.82, 2.24) is 4.98 Å². The lowest BCUT2D eigenvalue weighted by atomic mass is 10.1. The smallest absolute Gasteiger partial charge is 0.155 e. The first kappa shape index (κ1) is 12.1. The van der Waals surface area contributed by atoms with Crippen molar-refractivity contribution in [3.05, 3.63) is 41.2 Å². The van der Waals surface area contributed by atoms with Crippen LogP contribution in [-0.4, -0.2) is 16.8 Å². The lowest BCUT2D eigenvalue weighted by Crippen LogP contribution is -2.31. The number of Topliss-reactive ketones (excluding diaryl/α,β-unsaturated/α-hetero) is 1. The molecule has 1 atom stereocenters. The molecule has 0 spiro atoms. The number of nitrogens with zero attached hydrogens (tertiary/aromatic N) is 1. The highest BCUT2D eigenvalue weighted by molar-refractivity contribution is 9.10. The molecule has 4 heteroatoms. The summed E-state index contributed by atoms with van der Waals surface area (Å²) in [7, 11) is 0. The molecule has 0 amide bonds. The second-order valence-corrected chi connectivity index (χ2v) is 4.16. The molecule has 80 valence electrons. The normalized spacial score (nSPS) is 12.1. The number of ketones is 1. The quantitative estimate of drug-likeness (QED) is 0.830. The Morgan fingerprint density at radius 2 is 2.40 bits per heavy atom. The summed E-state index contributed by atoms with van der Waals surface area (Å²) in [6.45, 7) is 3.55. The van der Waals surface area contributed by atoms with Gasteiger partial charge in [-0.05, 0) is 34.5 Å². The Labute approximate surface area is 97.5 Å². The minimum absolute atomic E-state index is 0.00952. The van der Waals surface area contributed by atoms with Gasteiger partial charge in [0.1, 0.15) is 0 Å². The predicted molar refractivity (Wildman–Crippen MR) is 63.4 cm³/mol. The van der Waals surface area contributed by atoms with Crippen LogP contribution in [0.4, 0.5) is 0 Å². The van der Waals surface area contributed by atoms with Crippen molar-refractivity contribution in [2.75, 3.05) is 0 Å². The van der Waals surface area contributed by atoms with E-state index < -0.39 is 6.04 Å². The van der Waals surface area contributed by atoms with E-state index in [0.29, 0.717) is 6.42 Å². The molecule has 1 heterocycles. The number of aromatic nitrogens is 1. The van der Waals surface area contributed by atoms with E-state index in [2.05, 4.69) is 27.5 Å². The van der Waals surface area contributed by atoms with E-state index in [1.54, 1.807) is 12.3 Å². The van der Waals surface area contributed by atoms with Crippen LogP contribution in [0.3, 0.4) is 0 Å². The van der Waals surface area contributed by atoms with Crippen molar-refractivity contribution in [3.8, 4) is 0 Å². The van der Waals surface area contributed by atoms with Gasteiger partial charge in [-0.1, -0.05) is 6.08 Å². The van der Waals surface area contributed by atoms with Gasteiger partial charge in [0.2, 0.25) is 0 Å². The monoisotopic (exact) mass is 268 g/mol. The third-order valence-electron chi connectivity index (χ3n) is 1.98. The van der Waals surface area contributed by atoms with Crippen molar-refractivity contribution >= 4 is 21.7 Å². The molecule has 3 nitrogen and oxygen atoms in total. The van der Waals surface area contributed by atoms with Crippen LogP contribution in [0.5, 0.6) is 0 Å². The summed E-state index contributed by atoms with van der Waals surface area (Å²) in [4.78, 5) is 15.7. The molecule has 1 rings (SSSR count). The van der Waals surface area contributed by atoms with Gasteiger partial charge in [-0.3, -0.25) is 9.78 Å². The first-order valence-corrected chi connectivity index (χ1v) is 5.42. The van der Waals surface area contributed by atoms with Gasteiger partial charge >= 0.3 is 0 Å². The number of halogens is 1. The number of pyridine rings is 1. The van der Waals surface area contributed by atoms with Crippen LogP contribution in [0.1, 0.15) is 12.1 Å². The number of rotatable bonds is 5. The van der Waals surface area contributed by atoms with Crippen molar-refractivity contribution < 1.29 is 4.79 Å². The van der Waals surface area contributed by atoms with E-state index in [1.807, 2.05) is 12.1 Å². The maximum Gasteiger partial charge on any atom is 0.155 e. The lowest BCUT2D eigenvalue weighted by molar-refractivity contribution is -0.119. The lowest BCUT2D eigenvalue weighted by Gasteiger charge is -2.07. The van der Waals surface area contributed by atoms with Crippen LogP contribution in [0.15, 0.2) is 35.5 Å². The zero-order chi connectivity index (χ0) is 11.3. The molecule has 0 fully saturated rings. The van der Waals surface area contributed by atoms with Gasteiger partial charge in [0.15, 0.2) is 5.78 Å². The van der Waals surface area contributed by atoms with E-state index in [4.69, 9.17) is 5.73 Å². The largest absolute Gasteiger partial charge is 0.321 e. The molecule has 1 aromatic heterocycles. The highest BCUT2D eigenvalue weighted by Crippen LogP contribution is 2.08. The van der Waals surface area contributed by atoms with Crippen molar-refractivity contribution in [3.63, 3.8) is 0 Å². The van der Waals surface area contributed by atoms with Gasteiger partial charge in [-0.2, -0.15) is 0 Å². The maximum atomic E-state index is 11.6. The minimum atomic E-state index is -0.465. The minimum Gasteiger partial charge on any atom is -0.321 e. The average molecular weight is 269 g/mol. The van der Waals surface area contributed by atoms with Gasteiger partial charge in [0, 0.05) is 16.4 Å². The SMILES string of the molecule is C=CCC(N)C(=O)Cc1ccc(Br)cn1. The summed E-state index contributed by atoms with van der Waals surface area (Å²) in [6.07, 6.45) is 4.11. The molecule has 0 aliphatic heterocycles. The van der Waals surface area contributed by atoms with Crippen LogP contribution in [0, 0.1) is 0 Å². The van der Waals surface area contributed by atoms with Crippen LogP contribution in [0.2, 0.25) is 0 Å². The van der Waals surface area contributed by atoms with Crippen molar-refractivity contribution in [2.24, 2.45) is 5.73 Å². The van der Waals surface area contributed by atoms with E-state index >= 15 is 0 Å². The van der Waals surface area contributed by atoms with Crippen LogP contribution in [0.25, 0.3) is 0 Å². The van der Waals surface area contributed by atoms with Crippen LogP contribution < -0.4 is 5.73 Å². The molecule has 0 aliphatic carbocycles. The maximum absolute atomic E-state index is 11.6. The van der Waals surface area contributed by atoms with Gasteiger partial charge in [-0.15, -0.1) is 6.58 Å². The average Bonchev–Trinajstić information content (AvgIpc) is 2.22. The second-order valence-electron chi connectivity index (χ2n) is 3.24. The third-order valence-corrected chi connectivity index (χ3v) is 2.45. The van der Waals surface area contributed by atoms with E-state index in [-0.39, 0.29) is 12.2 Å². The molecule has 0 bridgehead atoms. The Bertz CT molecular complexity index is 348. The Hall–Kier alpha value is -1.00. The Kier molecular flexibility index (Phi) is 4.65. The van der Waals surface area contributed by atoms with Crippen molar-refractivity contribution in [1.29, 1.82) is 0 Å². The molecular formula is C11H13BrN2O. The molecule has 1 unspecified atom stereocenters. The molecule has 0 aromatic carbocycles. The molecule has 0 saturated carbocycles. The molecule has 0 radical (unpaired) electrons. The van der Waals surface area contributed by atoms with E-state index in [9.17, 15) is 4.79 Å². The third kappa shape index (κ3) is 3.93. The zero-order valence-electron chi connectivity index (χ0n) is 8.32. The Morgan fingerprint density at radius 1 is 1.67 bits per heavy atom. The van der Waals surface area contributed by atoms with Crippen LogP contribution >= 0.6 is 15.9 Å². The molecule has 2 N–H and O–H groups in total. The van der Waals surface area contributed by atoms with Crippen LogP contribution in [-0.2, 0) is 11.2 Å². The molecule has 1 aromatic rings. The number of carbonyl (C=O) groups excluding carboxylic acids is 1. The summed E-state index contributed by atoms with van der Waals surface area (Å²) >= 11 is 3.28. The van der Waals surface area contributed by atoms with Gasteiger partial charge in [-0.25, -0.2) is 0 Å². The van der Waals surface area contributed by atoms with E-state index in [0.717, 1.165) is 10.2 Å². The first-order valence-electron chi connectivity index (χ1n) is 4.63. The fourth-order valence-corrected chi connectivity index (χ4v) is 1.37. The molecule has 15 heavy (non-hydrogen) atoms. The highest BCUT2D eigenvalue weighted by atomic mass is 79.9. The van der Waals surface area contributed by atoms with E-state index in [1.165, 1.54) is 0 Å². The summed E-state index contributed by atoms with van der Waals surface area (Å²) in [5, 5.41) is 0. The fourth-order valence-electron chi connectivity index (χ4n) is 1.13.